The average molecular weight is 227 g/mol. The first-order valence-electron chi connectivity index (χ1n) is 6.65. The van der Waals surface area contributed by atoms with E-state index in [2.05, 4.69) is 18.7 Å². The number of aliphatic hydroxyl groups is 1. The van der Waals surface area contributed by atoms with Crippen LogP contribution in [0.1, 0.15) is 46.0 Å². The van der Waals surface area contributed by atoms with Crippen molar-refractivity contribution in [1.29, 1.82) is 0 Å². The number of morpholine rings is 1. The van der Waals surface area contributed by atoms with Crippen LogP contribution in [0.3, 0.4) is 0 Å². The van der Waals surface area contributed by atoms with Crippen LogP contribution in [0.2, 0.25) is 0 Å². The maximum Gasteiger partial charge on any atom is 0.0753 e. The molecule has 0 bridgehead atoms. The minimum Gasteiger partial charge on any atom is -0.391 e. The molecule has 2 atom stereocenters. The number of rotatable bonds is 1. The molecule has 0 aromatic rings. The molecular formula is C13H25NO2. The predicted octanol–water partition coefficient (Wildman–Crippen LogP) is 1.79. The zero-order valence-electron chi connectivity index (χ0n) is 10.6. The van der Waals surface area contributed by atoms with Crippen molar-refractivity contribution < 1.29 is 9.84 Å². The fourth-order valence-corrected chi connectivity index (χ4v) is 3.03. The molecule has 3 heteroatoms. The monoisotopic (exact) mass is 227 g/mol. The first-order chi connectivity index (χ1) is 7.58. The zero-order chi connectivity index (χ0) is 11.6. The van der Waals surface area contributed by atoms with Crippen molar-refractivity contribution in [2.75, 3.05) is 19.7 Å². The fourth-order valence-electron chi connectivity index (χ4n) is 3.03. The van der Waals surface area contributed by atoms with Gasteiger partial charge in [-0.1, -0.05) is 19.3 Å². The van der Waals surface area contributed by atoms with Gasteiger partial charge in [-0.05, 0) is 26.7 Å². The van der Waals surface area contributed by atoms with Gasteiger partial charge >= 0.3 is 0 Å². The fraction of sp³-hybridized carbons (Fsp3) is 1.00. The summed E-state index contributed by atoms with van der Waals surface area (Å²) >= 11 is 0. The highest BCUT2D eigenvalue weighted by atomic mass is 16.5. The lowest BCUT2D eigenvalue weighted by molar-refractivity contribution is -0.111. The molecule has 1 saturated heterocycles. The third-order valence-corrected chi connectivity index (χ3v) is 3.87. The van der Waals surface area contributed by atoms with Gasteiger partial charge in [0.1, 0.15) is 0 Å². The molecule has 1 N–H and O–H groups in total. The Kier molecular flexibility index (Phi) is 3.88. The van der Waals surface area contributed by atoms with Crippen LogP contribution in [0.4, 0.5) is 0 Å². The Morgan fingerprint density at radius 2 is 1.94 bits per heavy atom. The van der Waals surface area contributed by atoms with Crippen molar-refractivity contribution in [2.45, 2.75) is 63.7 Å². The summed E-state index contributed by atoms with van der Waals surface area (Å²) in [5.41, 5.74) is -0.0513. The molecule has 0 amide bonds. The molecule has 1 aliphatic heterocycles. The molecule has 2 aliphatic rings. The largest absolute Gasteiger partial charge is 0.391 e. The molecule has 16 heavy (non-hydrogen) atoms. The van der Waals surface area contributed by atoms with Crippen LogP contribution in [0.15, 0.2) is 0 Å². The van der Waals surface area contributed by atoms with E-state index < -0.39 is 0 Å². The Balaban J connectivity index is 1.98. The maximum absolute atomic E-state index is 10.2. The van der Waals surface area contributed by atoms with Crippen LogP contribution in [0, 0.1) is 0 Å². The third kappa shape index (κ3) is 2.96. The predicted molar refractivity (Wildman–Crippen MR) is 64.5 cm³/mol. The van der Waals surface area contributed by atoms with Gasteiger partial charge in [0.2, 0.25) is 0 Å². The van der Waals surface area contributed by atoms with E-state index in [0.717, 1.165) is 32.5 Å². The van der Waals surface area contributed by atoms with Crippen molar-refractivity contribution in [2.24, 2.45) is 0 Å². The number of hydrogen-bond donors (Lipinski definition) is 1. The van der Waals surface area contributed by atoms with E-state index in [9.17, 15) is 5.11 Å². The van der Waals surface area contributed by atoms with E-state index in [-0.39, 0.29) is 11.7 Å². The smallest absolute Gasteiger partial charge is 0.0753 e. The summed E-state index contributed by atoms with van der Waals surface area (Å²) in [5, 5.41) is 10.2. The average Bonchev–Trinajstić information content (AvgIpc) is 2.41. The molecule has 1 saturated carbocycles. The molecule has 3 nitrogen and oxygen atoms in total. The molecule has 1 aliphatic carbocycles. The molecule has 0 aromatic heterocycles. The quantitative estimate of drug-likeness (QED) is 0.693. The van der Waals surface area contributed by atoms with Crippen molar-refractivity contribution in [3.05, 3.63) is 0 Å². The molecule has 2 unspecified atom stereocenters. The van der Waals surface area contributed by atoms with Crippen LogP contribution in [-0.2, 0) is 4.74 Å². The lowest BCUT2D eigenvalue weighted by Crippen LogP contribution is -2.55. The van der Waals surface area contributed by atoms with E-state index in [1.807, 2.05) is 0 Å². The van der Waals surface area contributed by atoms with E-state index in [0.29, 0.717) is 6.04 Å². The normalized spacial score (nSPS) is 36.9. The minimum atomic E-state index is -0.128. The summed E-state index contributed by atoms with van der Waals surface area (Å²) in [5.74, 6) is 0. The second-order valence-electron chi connectivity index (χ2n) is 5.85. The summed E-state index contributed by atoms with van der Waals surface area (Å²) < 4.78 is 5.73. The Morgan fingerprint density at radius 1 is 1.19 bits per heavy atom. The second-order valence-corrected chi connectivity index (χ2v) is 5.85. The molecule has 2 fully saturated rings. The standard InChI is InChI=1S/C13H25NO2/c1-13(2)10-14(8-9-16-13)11-6-4-3-5-7-12(11)15/h11-12,15H,3-10H2,1-2H3. The lowest BCUT2D eigenvalue weighted by atomic mass is 10.00. The maximum atomic E-state index is 10.2. The topological polar surface area (TPSA) is 32.7 Å². The Morgan fingerprint density at radius 3 is 2.69 bits per heavy atom. The van der Waals surface area contributed by atoms with Gasteiger partial charge in [0.05, 0.1) is 18.3 Å². The summed E-state index contributed by atoms with van der Waals surface area (Å²) in [4.78, 5) is 2.44. The minimum absolute atomic E-state index is 0.0513. The molecule has 0 aromatic carbocycles. The van der Waals surface area contributed by atoms with Crippen molar-refractivity contribution in [3.63, 3.8) is 0 Å². The molecule has 1 heterocycles. The van der Waals surface area contributed by atoms with Gasteiger partial charge in [0.25, 0.3) is 0 Å². The van der Waals surface area contributed by atoms with Gasteiger partial charge < -0.3 is 9.84 Å². The highest BCUT2D eigenvalue weighted by Crippen LogP contribution is 2.26. The van der Waals surface area contributed by atoms with Gasteiger partial charge in [0, 0.05) is 19.1 Å². The van der Waals surface area contributed by atoms with Gasteiger partial charge in [-0.15, -0.1) is 0 Å². The van der Waals surface area contributed by atoms with Gasteiger partial charge in [-0.2, -0.15) is 0 Å². The Hall–Kier alpha value is -0.120. The molecule has 94 valence electrons. The van der Waals surface area contributed by atoms with Gasteiger partial charge in [0.15, 0.2) is 0 Å². The number of nitrogens with zero attached hydrogens (tertiary/aromatic N) is 1. The summed E-state index contributed by atoms with van der Waals surface area (Å²) in [6, 6.07) is 0.366. The SMILES string of the molecule is CC1(C)CN(C2CCCCCC2O)CCO1. The summed E-state index contributed by atoms with van der Waals surface area (Å²) in [6.45, 7) is 7.01. The molecule has 0 radical (unpaired) electrons. The Bertz CT molecular complexity index is 230. The first-order valence-corrected chi connectivity index (χ1v) is 6.65. The zero-order valence-corrected chi connectivity index (χ0v) is 10.6. The summed E-state index contributed by atoms with van der Waals surface area (Å²) in [7, 11) is 0. The number of hydrogen-bond acceptors (Lipinski definition) is 3. The molecule has 0 spiro atoms. The van der Waals surface area contributed by atoms with Crippen LogP contribution >= 0.6 is 0 Å². The highest BCUT2D eigenvalue weighted by Gasteiger charge is 2.34. The number of aliphatic hydroxyl groups excluding tert-OH is 1. The van der Waals surface area contributed by atoms with Crippen LogP contribution in [0.25, 0.3) is 0 Å². The third-order valence-electron chi connectivity index (χ3n) is 3.87. The first kappa shape index (κ1) is 12.3. The second kappa shape index (κ2) is 5.03. The molecule has 2 rings (SSSR count). The Labute approximate surface area is 98.8 Å². The lowest BCUT2D eigenvalue weighted by Gasteiger charge is -2.43. The molecular weight excluding hydrogens is 202 g/mol. The van der Waals surface area contributed by atoms with Gasteiger partial charge in [-0.3, -0.25) is 4.90 Å². The van der Waals surface area contributed by atoms with Gasteiger partial charge in [-0.25, -0.2) is 0 Å². The highest BCUT2D eigenvalue weighted by molar-refractivity contribution is 4.88. The van der Waals surface area contributed by atoms with E-state index in [1.54, 1.807) is 0 Å². The van der Waals surface area contributed by atoms with Crippen LogP contribution in [0.5, 0.6) is 0 Å². The van der Waals surface area contributed by atoms with Crippen molar-refractivity contribution in [3.8, 4) is 0 Å². The van der Waals surface area contributed by atoms with E-state index in [1.165, 1.54) is 19.3 Å². The van der Waals surface area contributed by atoms with E-state index >= 15 is 0 Å². The van der Waals surface area contributed by atoms with Crippen LogP contribution in [-0.4, -0.2) is 47.4 Å². The summed E-state index contributed by atoms with van der Waals surface area (Å²) in [6.07, 6.45) is 5.72. The number of ether oxygens (including phenoxy) is 1. The van der Waals surface area contributed by atoms with Crippen molar-refractivity contribution >= 4 is 0 Å². The van der Waals surface area contributed by atoms with E-state index in [4.69, 9.17) is 4.74 Å². The van der Waals surface area contributed by atoms with Crippen molar-refractivity contribution in [1.82, 2.24) is 4.90 Å². The van der Waals surface area contributed by atoms with Crippen LogP contribution < -0.4 is 0 Å².